The lowest BCUT2D eigenvalue weighted by molar-refractivity contribution is 0.0279. The van der Waals surface area contributed by atoms with E-state index in [2.05, 4.69) is 31.0 Å². The fourth-order valence-electron chi connectivity index (χ4n) is 3.46. The molecule has 1 aliphatic carbocycles. The Bertz CT molecular complexity index is 421. The summed E-state index contributed by atoms with van der Waals surface area (Å²) < 4.78 is 0. The first-order valence-electron chi connectivity index (χ1n) is 7.25. The van der Waals surface area contributed by atoms with E-state index in [1.807, 2.05) is 12.1 Å². The predicted octanol–water partition coefficient (Wildman–Crippen LogP) is 3.68. The molecule has 0 aromatic heterocycles. The molecule has 0 radical (unpaired) electrons. The molecule has 1 aliphatic rings. The van der Waals surface area contributed by atoms with E-state index >= 15 is 0 Å². The maximum absolute atomic E-state index is 6.27. The van der Waals surface area contributed by atoms with Crippen LogP contribution in [0, 0.1) is 5.92 Å². The van der Waals surface area contributed by atoms with Gasteiger partial charge in [-0.25, -0.2) is 0 Å². The zero-order valence-corrected chi connectivity index (χ0v) is 12.8. The first-order valence-corrected chi connectivity index (χ1v) is 7.62. The van der Waals surface area contributed by atoms with Crippen molar-refractivity contribution in [2.24, 2.45) is 11.7 Å². The molecule has 19 heavy (non-hydrogen) atoms. The molecule has 2 nitrogen and oxygen atoms in total. The van der Waals surface area contributed by atoms with Gasteiger partial charge in [-0.15, -0.1) is 0 Å². The second-order valence-electron chi connectivity index (χ2n) is 5.90. The van der Waals surface area contributed by atoms with Crippen molar-refractivity contribution in [3.8, 4) is 0 Å². The third-order valence-corrected chi connectivity index (χ3v) is 5.26. The summed E-state index contributed by atoms with van der Waals surface area (Å²) in [7, 11) is 2.19. The van der Waals surface area contributed by atoms with Crippen LogP contribution in [-0.4, -0.2) is 24.0 Å². The number of hydrogen-bond donors (Lipinski definition) is 1. The van der Waals surface area contributed by atoms with Crippen LogP contribution in [0.1, 0.15) is 38.2 Å². The van der Waals surface area contributed by atoms with Crippen molar-refractivity contribution >= 4 is 11.6 Å². The molecule has 0 amide bonds. The molecule has 2 unspecified atom stereocenters. The van der Waals surface area contributed by atoms with E-state index in [0.29, 0.717) is 5.92 Å². The fourth-order valence-corrected chi connectivity index (χ4v) is 3.66. The van der Waals surface area contributed by atoms with E-state index in [0.717, 1.165) is 18.1 Å². The molecule has 0 saturated heterocycles. The van der Waals surface area contributed by atoms with Crippen molar-refractivity contribution in [3.05, 3.63) is 34.9 Å². The van der Waals surface area contributed by atoms with Gasteiger partial charge in [0.15, 0.2) is 0 Å². The molecule has 0 spiro atoms. The molecule has 106 valence electrons. The number of nitrogens with two attached hydrogens (primary N) is 1. The Morgan fingerprint density at radius 3 is 2.74 bits per heavy atom. The van der Waals surface area contributed by atoms with E-state index < -0.39 is 0 Å². The SMILES string of the molecule is CC1CCCCC1(CN)N(C)Cc1ccccc1Cl. The number of hydrogen-bond acceptors (Lipinski definition) is 2. The molecular formula is C16H25ClN2. The number of nitrogens with zero attached hydrogens (tertiary/aromatic N) is 1. The van der Waals surface area contributed by atoms with Crippen LogP contribution in [0.4, 0.5) is 0 Å². The highest BCUT2D eigenvalue weighted by atomic mass is 35.5. The molecule has 2 rings (SSSR count). The maximum Gasteiger partial charge on any atom is 0.0451 e. The van der Waals surface area contributed by atoms with E-state index in [-0.39, 0.29) is 5.54 Å². The van der Waals surface area contributed by atoms with Crippen LogP contribution in [0.2, 0.25) is 5.02 Å². The highest BCUT2D eigenvalue weighted by Crippen LogP contribution is 2.38. The van der Waals surface area contributed by atoms with E-state index in [1.165, 1.54) is 31.2 Å². The number of likely N-dealkylation sites (N-methyl/N-ethyl adjacent to an activating group) is 1. The molecule has 2 N–H and O–H groups in total. The Balaban J connectivity index is 2.17. The van der Waals surface area contributed by atoms with Crippen LogP contribution in [0.5, 0.6) is 0 Å². The standard InChI is InChI=1S/C16H25ClN2/c1-13-7-5-6-10-16(13,12-18)19(2)11-14-8-3-4-9-15(14)17/h3-4,8-9,13H,5-7,10-12,18H2,1-2H3. The lowest BCUT2D eigenvalue weighted by Crippen LogP contribution is -2.57. The van der Waals surface area contributed by atoms with Gasteiger partial charge >= 0.3 is 0 Å². The van der Waals surface area contributed by atoms with Gasteiger partial charge in [-0.05, 0) is 37.4 Å². The van der Waals surface area contributed by atoms with Gasteiger partial charge in [-0.1, -0.05) is 49.6 Å². The van der Waals surface area contributed by atoms with Crippen LogP contribution in [0.15, 0.2) is 24.3 Å². The molecule has 2 atom stereocenters. The van der Waals surface area contributed by atoms with Crippen molar-refractivity contribution in [2.45, 2.75) is 44.7 Å². The molecule has 1 fully saturated rings. The molecule has 0 bridgehead atoms. The molecule has 3 heteroatoms. The molecule has 1 aromatic rings. The lowest BCUT2D eigenvalue weighted by Gasteiger charge is -2.48. The van der Waals surface area contributed by atoms with Crippen molar-refractivity contribution < 1.29 is 0 Å². The molecular weight excluding hydrogens is 256 g/mol. The van der Waals surface area contributed by atoms with Gasteiger partial charge in [0.2, 0.25) is 0 Å². The zero-order valence-electron chi connectivity index (χ0n) is 12.0. The van der Waals surface area contributed by atoms with E-state index in [9.17, 15) is 0 Å². The van der Waals surface area contributed by atoms with Crippen molar-refractivity contribution in [1.82, 2.24) is 4.90 Å². The first kappa shape index (κ1) is 14.8. The van der Waals surface area contributed by atoms with Crippen LogP contribution in [0.25, 0.3) is 0 Å². The minimum atomic E-state index is 0.136. The fraction of sp³-hybridized carbons (Fsp3) is 0.625. The summed E-state index contributed by atoms with van der Waals surface area (Å²) in [4.78, 5) is 2.43. The Hall–Kier alpha value is -0.570. The summed E-state index contributed by atoms with van der Waals surface area (Å²) in [5, 5.41) is 0.852. The molecule has 0 heterocycles. The van der Waals surface area contributed by atoms with Crippen LogP contribution in [-0.2, 0) is 6.54 Å². The topological polar surface area (TPSA) is 29.3 Å². The van der Waals surface area contributed by atoms with Gasteiger partial charge in [-0.2, -0.15) is 0 Å². The number of benzene rings is 1. The Morgan fingerprint density at radius 2 is 2.11 bits per heavy atom. The summed E-state index contributed by atoms with van der Waals surface area (Å²) in [5.41, 5.74) is 7.47. The number of rotatable bonds is 4. The van der Waals surface area contributed by atoms with Gasteiger partial charge in [-0.3, -0.25) is 4.90 Å². The third-order valence-electron chi connectivity index (χ3n) is 4.89. The Kier molecular flexibility index (Phi) is 4.88. The van der Waals surface area contributed by atoms with Crippen LogP contribution < -0.4 is 5.73 Å². The minimum Gasteiger partial charge on any atom is -0.329 e. The number of halogens is 1. The van der Waals surface area contributed by atoms with Gasteiger partial charge in [0.25, 0.3) is 0 Å². The monoisotopic (exact) mass is 280 g/mol. The summed E-state index contributed by atoms with van der Waals surface area (Å²) in [5.74, 6) is 0.652. The smallest absolute Gasteiger partial charge is 0.0451 e. The van der Waals surface area contributed by atoms with Gasteiger partial charge in [0.1, 0.15) is 0 Å². The normalized spacial score (nSPS) is 27.7. The van der Waals surface area contributed by atoms with Gasteiger partial charge in [0, 0.05) is 23.7 Å². The van der Waals surface area contributed by atoms with Crippen LogP contribution in [0.3, 0.4) is 0 Å². The zero-order chi connectivity index (χ0) is 13.9. The highest BCUT2D eigenvalue weighted by molar-refractivity contribution is 6.31. The largest absolute Gasteiger partial charge is 0.329 e. The Morgan fingerprint density at radius 1 is 1.37 bits per heavy atom. The summed E-state index contributed by atoms with van der Waals surface area (Å²) >= 11 is 6.27. The second-order valence-corrected chi connectivity index (χ2v) is 6.31. The van der Waals surface area contributed by atoms with Crippen molar-refractivity contribution in [2.75, 3.05) is 13.6 Å². The van der Waals surface area contributed by atoms with Crippen molar-refractivity contribution in [1.29, 1.82) is 0 Å². The molecule has 1 saturated carbocycles. The van der Waals surface area contributed by atoms with Gasteiger partial charge in [0.05, 0.1) is 0 Å². The van der Waals surface area contributed by atoms with Crippen molar-refractivity contribution in [3.63, 3.8) is 0 Å². The highest BCUT2D eigenvalue weighted by Gasteiger charge is 2.40. The molecule has 1 aromatic carbocycles. The first-order chi connectivity index (χ1) is 9.10. The van der Waals surface area contributed by atoms with Gasteiger partial charge < -0.3 is 5.73 Å². The minimum absolute atomic E-state index is 0.136. The maximum atomic E-state index is 6.27. The second kappa shape index (κ2) is 6.25. The van der Waals surface area contributed by atoms with Crippen LogP contribution >= 0.6 is 11.6 Å². The average Bonchev–Trinajstić information content (AvgIpc) is 2.42. The average molecular weight is 281 g/mol. The third kappa shape index (κ3) is 2.96. The summed E-state index contributed by atoms with van der Waals surface area (Å²) in [6.07, 6.45) is 5.10. The quantitative estimate of drug-likeness (QED) is 0.912. The van der Waals surface area contributed by atoms with E-state index in [4.69, 9.17) is 17.3 Å². The summed E-state index contributed by atoms with van der Waals surface area (Å²) in [6.45, 7) is 3.95. The predicted molar refractivity (Wildman–Crippen MR) is 82.3 cm³/mol. The summed E-state index contributed by atoms with van der Waals surface area (Å²) in [6, 6.07) is 8.10. The van der Waals surface area contributed by atoms with E-state index in [1.54, 1.807) is 0 Å². The molecule has 0 aliphatic heterocycles. The lowest BCUT2D eigenvalue weighted by atomic mass is 9.72. The Labute approximate surface area is 121 Å².